The van der Waals surface area contributed by atoms with Crippen LogP contribution in [-0.2, 0) is 16.1 Å². The lowest BCUT2D eigenvalue weighted by molar-refractivity contribution is -0.123. The van der Waals surface area contributed by atoms with Crippen LogP contribution in [0, 0.1) is 12.8 Å². The Morgan fingerprint density at radius 3 is 2.74 bits per heavy atom. The molecule has 0 radical (unpaired) electrons. The van der Waals surface area contributed by atoms with Crippen LogP contribution in [0.3, 0.4) is 0 Å². The van der Waals surface area contributed by atoms with E-state index in [4.69, 9.17) is 4.74 Å². The van der Waals surface area contributed by atoms with Crippen molar-refractivity contribution < 1.29 is 9.53 Å². The lowest BCUT2D eigenvalue weighted by atomic mass is 9.93. The Kier molecular flexibility index (Phi) is 6.02. The number of rotatable bonds is 5. The molecular weight excluding hydrogens is 310 g/mol. The average molecular weight is 337 g/mol. The molecule has 1 N–H and O–H groups in total. The number of aryl methyl sites for hydroxylation is 1. The van der Waals surface area contributed by atoms with Gasteiger partial charge in [-0.1, -0.05) is 0 Å². The third kappa shape index (κ3) is 5.26. The molecule has 3 heterocycles. The number of nitrogens with one attached hydrogen (secondary N) is 1. The van der Waals surface area contributed by atoms with Crippen LogP contribution < -0.4 is 5.32 Å². The summed E-state index contributed by atoms with van der Waals surface area (Å²) in [4.78, 5) is 19.2. The van der Waals surface area contributed by atoms with E-state index < -0.39 is 0 Å². The zero-order valence-corrected chi connectivity index (χ0v) is 14.7. The van der Waals surface area contributed by atoms with Gasteiger partial charge in [0.15, 0.2) is 0 Å². The number of hydrogen-bond acceptors (Lipinski definition) is 5. The molecule has 2 fully saturated rings. The summed E-state index contributed by atoms with van der Waals surface area (Å²) in [6, 6.07) is 0.323. The predicted molar refractivity (Wildman–Crippen MR) is 91.5 cm³/mol. The molecular formula is C17H27N3O2S. The minimum Gasteiger partial charge on any atom is -0.381 e. The lowest BCUT2D eigenvalue weighted by Crippen LogP contribution is -2.41. The smallest absolute Gasteiger partial charge is 0.220 e. The van der Waals surface area contributed by atoms with Gasteiger partial charge in [-0.3, -0.25) is 9.69 Å². The van der Waals surface area contributed by atoms with Crippen molar-refractivity contribution in [2.45, 2.75) is 51.6 Å². The van der Waals surface area contributed by atoms with Crippen molar-refractivity contribution in [1.82, 2.24) is 15.2 Å². The summed E-state index contributed by atoms with van der Waals surface area (Å²) in [7, 11) is 0. The van der Waals surface area contributed by atoms with Crippen LogP contribution in [0.15, 0.2) is 5.38 Å². The van der Waals surface area contributed by atoms with Crippen molar-refractivity contribution in [3.05, 3.63) is 16.1 Å². The number of carbonyl (C=O) groups excluding carboxylic acids is 1. The number of nitrogens with zero attached hydrogens (tertiary/aromatic N) is 2. The molecule has 1 aromatic rings. The highest BCUT2D eigenvalue weighted by Gasteiger charge is 2.23. The van der Waals surface area contributed by atoms with Gasteiger partial charge in [-0.25, -0.2) is 4.98 Å². The van der Waals surface area contributed by atoms with Gasteiger partial charge in [0.1, 0.15) is 0 Å². The molecule has 2 aliphatic rings. The second-order valence-electron chi connectivity index (χ2n) is 6.74. The topological polar surface area (TPSA) is 54.5 Å². The van der Waals surface area contributed by atoms with E-state index in [1.54, 1.807) is 11.3 Å². The zero-order chi connectivity index (χ0) is 16.1. The molecule has 3 rings (SSSR count). The summed E-state index contributed by atoms with van der Waals surface area (Å²) >= 11 is 1.72. The highest BCUT2D eigenvalue weighted by atomic mass is 32.1. The molecule has 5 nitrogen and oxygen atoms in total. The number of aromatic nitrogens is 1. The minimum atomic E-state index is 0.227. The molecule has 0 aromatic carbocycles. The Morgan fingerprint density at radius 2 is 2.09 bits per heavy atom. The molecule has 0 saturated carbocycles. The standard InChI is InChI=1S/C17H27N3O2S/c1-13-18-16(12-23-13)11-20-6-2-14(3-7-20)10-17(21)19-15-4-8-22-9-5-15/h12,14-15H,2-11H2,1H3,(H,19,21). The van der Waals surface area contributed by atoms with Crippen LogP contribution in [-0.4, -0.2) is 48.1 Å². The summed E-state index contributed by atoms with van der Waals surface area (Å²) in [5, 5.41) is 6.47. The fourth-order valence-electron chi connectivity index (χ4n) is 3.45. The molecule has 6 heteroatoms. The fourth-order valence-corrected chi connectivity index (χ4v) is 4.05. The molecule has 1 aromatic heterocycles. The van der Waals surface area contributed by atoms with E-state index in [1.165, 1.54) is 5.69 Å². The van der Waals surface area contributed by atoms with Gasteiger partial charge >= 0.3 is 0 Å². The molecule has 0 aliphatic carbocycles. The predicted octanol–water partition coefficient (Wildman–Crippen LogP) is 2.35. The van der Waals surface area contributed by atoms with Crippen LogP contribution in [0.4, 0.5) is 0 Å². The molecule has 128 valence electrons. The second-order valence-corrected chi connectivity index (χ2v) is 7.80. The third-order valence-corrected chi connectivity index (χ3v) is 5.64. The van der Waals surface area contributed by atoms with E-state index in [2.05, 4.69) is 27.5 Å². The van der Waals surface area contributed by atoms with Crippen LogP contribution in [0.5, 0.6) is 0 Å². The van der Waals surface area contributed by atoms with Crippen molar-refractivity contribution in [2.75, 3.05) is 26.3 Å². The van der Waals surface area contributed by atoms with Gasteiger partial charge in [0.25, 0.3) is 0 Å². The van der Waals surface area contributed by atoms with Crippen molar-refractivity contribution in [3.63, 3.8) is 0 Å². The summed E-state index contributed by atoms with van der Waals surface area (Å²) < 4.78 is 5.33. The van der Waals surface area contributed by atoms with E-state index in [0.29, 0.717) is 18.4 Å². The van der Waals surface area contributed by atoms with Gasteiger partial charge in [-0.2, -0.15) is 0 Å². The Bertz CT molecular complexity index is 506. The van der Waals surface area contributed by atoms with Crippen LogP contribution in [0.25, 0.3) is 0 Å². The Labute approximate surface area is 142 Å². The number of likely N-dealkylation sites (tertiary alicyclic amines) is 1. The Balaban J connectivity index is 1.36. The maximum atomic E-state index is 12.2. The molecule has 2 saturated heterocycles. The summed E-state index contributed by atoms with van der Waals surface area (Å²) in [6.07, 6.45) is 4.82. The van der Waals surface area contributed by atoms with E-state index >= 15 is 0 Å². The number of hydrogen-bond donors (Lipinski definition) is 1. The quantitative estimate of drug-likeness (QED) is 0.896. The normalized spacial score (nSPS) is 21.4. The maximum Gasteiger partial charge on any atom is 0.220 e. The number of piperidine rings is 1. The van der Waals surface area contributed by atoms with Gasteiger partial charge in [0.2, 0.25) is 5.91 Å². The van der Waals surface area contributed by atoms with Gasteiger partial charge < -0.3 is 10.1 Å². The van der Waals surface area contributed by atoms with E-state index in [-0.39, 0.29) is 5.91 Å². The molecule has 0 atom stereocenters. The largest absolute Gasteiger partial charge is 0.381 e. The summed E-state index contributed by atoms with van der Waals surface area (Å²) in [5.74, 6) is 0.758. The van der Waals surface area contributed by atoms with Crippen molar-refractivity contribution >= 4 is 17.2 Å². The molecule has 0 unspecified atom stereocenters. The number of ether oxygens (including phenoxy) is 1. The average Bonchev–Trinajstić information content (AvgIpc) is 2.95. The van der Waals surface area contributed by atoms with Crippen LogP contribution in [0.1, 0.15) is 42.8 Å². The summed E-state index contributed by atoms with van der Waals surface area (Å²) in [6.45, 7) is 6.71. The van der Waals surface area contributed by atoms with E-state index in [9.17, 15) is 4.79 Å². The third-order valence-electron chi connectivity index (χ3n) is 4.82. The minimum absolute atomic E-state index is 0.227. The molecule has 0 spiro atoms. The number of carbonyl (C=O) groups is 1. The van der Waals surface area contributed by atoms with Crippen LogP contribution in [0.2, 0.25) is 0 Å². The monoisotopic (exact) mass is 337 g/mol. The van der Waals surface area contributed by atoms with Gasteiger partial charge in [-0.05, 0) is 51.6 Å². The summed E-state index contributed by atoms with van der Waals surface area (Å²) in [5.41, 5.74) is 1.18. The van der Waals surface area contributed by atoms with Crippen molar-refractivity contribution in [3.8, 4) is 0 Å². The van der Waals surface area contributed by atoms with Gasteiger partial charge in [-0.15, -0.1) is 11.3 Å². The fraction of sp³-hybridized carbons (Fsp3) is 0.765. The first-order valence-electron chi connectivity index (χ1n) is 8.69. The first-order valence-corrected chi connectivity index (χ1v) is 9.57. The van der Waals surface area contributed by atoms with Gasteiger partial charge in [0.05, 0.1) is 10.7 Å². The van der Waals surface area contributed by atoms with E-state index in [0.717, 1.165) is 63.5 Å². The van der Waals surface area contributed by atoms with E-state index in [1.807, 2.05) is 0 Å². The lowest BCUT2D eigenvalue weighted by Gasteiger charge is -2.31. The first kappa shape index (κ1) is 16.9. The Morgan fingerprint density at radius 1 is 1.35 bits per heavy atom. The molecule has 1 amide bonds. The van der Waals surface area contributed by atoms with Gasteiger partial charge in [0, 0.05) is 37.6 Å². The number of thiazole rings is 1. The molecule has 23 heavy (non-hydrogen) atoms. The molecule has 2 aliphatic heterocycles. The first-order chi connectivity index (χ1) is 11.2. The maximum absolute atomic E-state index is 12.2. The highest BCUT2D eigenvalue weighted by Crippen LogP contribution is 2.22. The van der Waals surface area contributed by atoms with Crippen LogP contribution >= 0.6 is 11.3 Å². The molecule has 0 bridgehead atoms. The zero-order valence-electron chi connectivity index (χ0n) is 13.9. The highest BCUT2D eigenvalue weighted by molar-refractivity contribution is 7.09. The van der Waals surface area contributed by atoms with Crippen molar-refractivity contribution in [1.29, 1.82) is 0 Å². The second kappa shape index (κ2) is 8.22. The van der Waals surface area contributed by atoms with Crippen molar-refractivity contribution in [2.24, 2.45) is 5.92 Å². The Hall–Kier alpha value is -0.980. The number of amides is 1. The SMILES string of the molecule is Cc1nc(CN2CCC(CC(=O)NC3CCOCC3)CC2)cs1.